The van der Waals surface area contributed by atoms with Gasteiger partial charge in [-0.15, -0.1) is 21.5 Å². The molecule has 0 aliphatic heterocycles. The smallest absolute Gasteiger partial charge is 0.162 e. The summed E-state index contributed by atoms with van der Waals surface area (Å²) in [5.41, 5.74) is 5.78. The molecular weight excluding hydrogens is 729 g/mol. The number of rotatable bonds is 10. The molecule has 280 valence electrons. The minimum absolute atomic E-state index is 0.196. The number of aromatic hydroxyl groups is 1. The normalized spacial score (nSPS) is 10.9. The van der Waals surface area contributed by atoms with E-state index in [1.54, 1.807) is 68.7 Å². The van der Waals surface area contributed by atoms with Gasteiger partial charge in [-0.1, -0.05) is 30.3 Å². The predicted octanol–water partition coefficient (Wildman–Crippen LogP) is 9.23. The number of nitrogens with one attached hydrogen (secondary N) is 2. The molecule has 0 fully saturated rings. The zero-order valence-corrected chi connectivity index (χ0v) is 31.6. The van der Waals surface area contributed by atoms with Gasteiger partial charge >= 0.3 is 0 Å². The molecule has 5 aromatic heterocycles. The van der Waals surface area contributed by atoms with Crippen molar-refractivity contribution < 1.29 is 24.1 Å². The molecule has 0 saturated heterocycles. The molecule has 9 rings (SSSR count). The fraction of sp³-hybridized carbons (Fsp3) is 0.0952. The molecular formula is C42H36N8O5S. The number of phenolic OH excluding ortho intramolecular Hbond substituents is 1. The summed E-state index contributed by atoms with van der Waals surface area (Å²) in [5, 5.41) is 26.9. The largest absolute Gasteiger partial charge is 0.508 e. The van der Waals surface area contributed by atoms with Gasteiger partial charge in [0.2, 0.25) is 0 Å². The molecule has 0 spiro atoms. The summed E-state index contributed by atoms with van der Waals surface area (Å²) in [6, 6.07) is 36.4. The molecule has 56 heavy (non-hydrogen) atoms. The van der Waals surface area contributed by atoms with E-state index >= 15 is 0 Å². The van der Waals surface area contributed by atoms with E-state index in [1.165, 1.54) is 10.1 Å². The number of hydrogen-bond acceptors (Lipinski definition) is 12. The summed E-state index contributed by atoms with van der Waals surface area (Å²) in [6.45, 7) is 0. The average molecular weight is 765 g/mol. The third-order valence-corrected chi connectivity index (χ3v) is 10.00. The first kappa shape index (κ1) is 35.7. The van der Waals surface area contributed by atoms with E-state index in [0.717, 1.165) is 38.9 Å². The quantitative estimate of drug-likeness (QED) is 0.123. The SMILES string of the molecule is COc1ccc(Nc2ccc3ncc(-c4cc5ccccc5s4)n3n2)cc1OC.COc1ccc(Nc2ccc3ncc(-c4cccc(O)c4)n3n2)cc1OC. The highest BCUT2D eigenvalue weighted by Gasteiger charge is 2.13. The van der Waals surface area contributed by atoms with Crippen LogP contribution in [0.3, 0.4) is 0 Å². The Balaban J connectivity index is 0.000000158. The fourth-order valence-corrected chi connectivity index (χ4v) is 7.20. The van der Waals surface area contributed by atoms with Crippen molar-refractivity contribution in [1.82, 2.24) is 29.2 Å². The highest BCUT2D eigenvalue weighted by Crippen LogP contribution is 2.35. The van der Waals surface area contributed by atoms with E-state index in [9.17, 15) is 5.11 Å². The minimum atomic E-state index is 0.196. The molecule has 0 aliphatic rings. The Kier molecular flexibility index (Phi) is 9.93. The van der Waals surface area contributed by atoms with E-state index in [-0.39, 0.29) is 5.75 Å². The van der Waals surface area contributed by atoms with Crippen LogP contribution in [0.4, 0.5) is 23.0 Å². The van der Waals surface area contributed by atoms with Crippen molar-refractivity contribution >= 4 is 55.7 Å². The van der Waals surface area contributed by atoms with Crippen LogP contribution in [-0.4, -0.2) is 62.7 Å². The Hall–Kier alpha value is -7.32. The molecule has 0 radical (unpaired) electrons. The molecule has 0 bridgehead atoms. The molecule has 0 unspecified atom stereocenters. The number of benzene rings is 4. The van der Waals surface area contributed by atoms with Crippen molar-refractivity contribution in [2.75, 3.05) is 39.1 Å². The molecule has 14 heteroatoms. The van der Waals surface area contributed by atoms with E-state index in [0.29, 0.717) is 40.3 Å². The fourth-order valence-electron chi connectivity index (χ4n) is 6.14. The summed E-state index contributed by atoms with van der Waals surface area (Å²) >= 11 is 1.74. The first-order chi connectivity index (χ1) is 27.4. The molecule has 9 aromatic rings. The van der Waals surface area contributed by atoms with Crippen LogP contribution in [0, 0.1) is 0 Å². The maximum Gasteiger partial charge on any atom is 0.162 e. The molecule has 0 amide bonds. The number of thiophene rings is 1. The van der Waals surface area contributed by atoms with E-state index in [1.807, 2.05) is 77.4 Å². The number of fused-ring (bicyclic) bond motifs is 3. The van der Waals surface area contributed by atoms with E-state index in [4.69, 9.17) is 24.0 Å². The van der Waals surface area contributed by atoms with Crippen LogP contribution in [-0.2, 0) is 0 Å². The Bertz CT molecular complexity index is 2780. The van der Waals surface area contributed by atoms with Gasteiger partial charge in [0, 0.05) is 33.8 Å². The molecule has 0 saturated carbocycles. The van der Waals surface area contributed by atoms with Crippen molar-refractivity contribution in [3.05, 3.63) is 128 Å². The van der Waals surface area contributed by atoms with Gasteiger partial charge in [0.25, 0.3) is 0 Å². The third-order valence-electron chi connectivity index (χ3n) is 8.86. The highest BCUT2D eigenvalue weighted by molar-refractivity contribution is 7.22. The van der Waals surface area contributed by atoms with Crippen LogP contribution >= 0.6 is 11.3 Å². The molecule has 0 aliphatic carbocycles. The van der Waals surface area contributed by atoms with Crippen molar-refractivity contribution in [2.45, 2.75) is 0 Å². The minimum Gasteiger partial charge on any atom is -0.508 e. The monoisotopic (exact) mass is 764 g/mol. The lowest BCUT2D eigenvalue weighted by atomic mass is 10.1. The van der Waals surface area contributed by atoms with Gasteiger partial charge in [0.05, 0.1) is 51.4 Å². The Labute approximate surface area is 325 Å². The number of phenols is 1. The predicted molar refractivity (Wildman–Crippen MR) is 220 cm³/mol. The van der Waals surface area contributed by atoms with Crippen LogP contribution in [0.25, 0.3) is 43.2 Å². The Morgan fingerprint density at radius 3 is 1.70 bits per heavy atom. The first-order valence-corrected chi connectivity index (χ1v) is 18.2. The number of methoxy groups -OCH3 is 4. The summed E-state index contributed by atoms with van der Waals surface area (Å²) in [5.74, 6) is 4.19. The second-order valence-electron chi connectivity index (χ2n) is 12.4. The highest BCUT2D eigenvalue weighted by atomic mass is 32.1. The van der Waals surface area contributed by atoms with Crippen LogP contribution in [0.1, 0.15) is 0 Å². The summed E-state index contributed by atoms with van der Waals surface area (Å²) in [4.78, 5) is 10.0. The number of hydrogen-bond donors (Lipinski definition) is 3. The Morgan fingerprint density at radius 1 is 0.554 bits per heavy atom. The van der Waals surface area contributed by atoms with Gasteiger partial charge < -0.3 is 34.7 Å². The number of imidazole rings is 2. The van der Waals surface area contributed by atoms with Crippen LogP contribution in [0.15, 0.2) is 128 Å². The molecule has 0 atom stereocenters. The first-order valence-electron chi connectivity index (χ1n) is 17.4. The molecule has 5 heterocycles. The number of anilines is 4. The van der Waals surface area contributed by atoms with Gasteiger partial charge in [-0.25, -0.2) is 19.0 Å². The molecule has 3 N–H and O–H groups in total. The maximum atomic E-state index is 9.74. The Morgan fingerprint density at radius 2 is 1.12 bits per heavy atom. The van der Waals surface area contributed by atoms with Crippen molar-refractivity contribution in [2.24, 2.45) is 0 Å². The molecule has 4 aromatic carbocycles. The maximum absolute atomic E-state index is 9.74. The van der Waals surface area contributed by atoms with E-state index in [2.05, 4.69) is 56.0 Å². The lowest BCUT2D eigenvalue weighted by Gasteiger charge is -2.11. The number of nitrogens with zero attached hydrogens (tertiary/aromatic N) is 6. The molecule has 13 nitrogen and oxygen atoms in total. The number of aromatic nitrogens is 6. The van der Waals surface area contributed by atoms with Crippen molar-refractivity contribution in [1.29, 1.82) is 0 Å². The standard InChI is InChI=1S/C22H18N4O2S.C20H18N4O3/c1-27-17-8-7-15(12-18(17)28-2)24-21-9-10-22-23-13-16(26(22)25-21)20-11-14-5-3-4-6-19(14)29-20;1-26-17-7-6-14(11-18(17)27-2)22-19-8-9-20-21-12-16(24(20)23-19)13-4-3-5-15(25)10-13/h3-13H,1-2H3,(H,24,25);3-12,25H,1-2H3,(H,22,23). The van der Waals surface area contributed by atoms with Gasteiger partial charge in [-0.3, -0.25) is 0 Å². The van der Waals surface area contributed by atoms with Crippen LogP contribution in [0.2, 0.25) is 0 Å². The van der Waals surface area contributed by atoms with Crippen molar-refractivity contribution in [3.63, 3.8) is 0 Å². The summed E-state index contributed by atoms with van der Waals surface area (Å²) in [7, 11) is 6.44. The van der Waals surface area contributed by atoms with E-state index < -0.39 is 0 Å². The van der Waals surface area contributed by atoms with Gasteiger partial charge in [0.15, 0.2) is 45.9 Å². The van der Waals surface area contributed by atoms with Gasteiger partial charge in [-0.2, -0.15) is 0 Å². The lowest BCUT2D eigenvalue weighted by Crippen LogP contribution is -2.01. The average Bonchev–Trinajstić information content (AvgIpc) is 3.97. The number of ether oxygens (including phenoxy) is 4. The van der Waals surface area contributed by atoms with Gasteiger partial charge in [-0.05, 0) is 78.2 Å². The zero-order valence-electron chi connectivity index (χ0n) is 30.8. The topological polar surface area (TPSA) is 142 Å². The summed E-state index contributed by atoms with van der Waals surface area (Å²) < 4.78 is 26.1. The van der Waals surface area contributed by atoms with Crippen molar-refractivity contribution in [3.8, 4) is 50.6 Å². The zero-order chi connectivity index (χ0) is 38.6. The van der Waals surface area contributed by atoms with Crippen LogP contribution in [0.5, 0.6) is 28.7 Å². The second-order valence-corrected chi connectivity index (χ2v) is 13.4. The third kappa shape index (κ3) is 7.28. The summed E-state index contributed by atoms with van der Waals surface area (Å²) in [6.07, 6.45) is 3.60. The lowest BCUT2D eigenvalue weighted by molar-refractivity contribution is 0.355. The second kappa shape index (κ2) is 15.6. The van der Waals surface area contributed by atoms with Crippen LogP contribution < -0.4 is 29.6 Å². The van der Waals surface area contributed by atoms with Gasteiger partial charge in [0.1, 0.15) is 11.4 Å².